The summed E-state index contributed by atoms with van der Waals surface area (Å²) >= 11 is 2.07. The second-order valence-electron chi connectivity index (χ2n) is 6.41. The maximum absolute atomic E-state index is 11.6. The van der Waals surface area contributed by atoms with Gasteiger partial charge in [-0.25, -0.2) is 8.42 Å². The number of nitrogens with zero attached hydrogens (tertiary/aromatic N) is 3. The van der Waals surface area contributed by atoms with Crippen LogP contribution >= 0.6 is 22.6 Å². The molecule has 1 unspecified atom stereocenters. The van der Waals surface area contributed by atoms with E-state index in [1.807, 2.05) is 0 Å². The van der Waals surface area contributed by atoms with Crippen LogP contribution in [0.4, 0.5) is 5.69 Å². The Labute approximate surface area is 181 Å². The lowest BCUT2D eigenvalue weighted by Gasteiger charge is -2.19. The Morgan fingerprint density at radius 3 is 2.45 bits per heavy atom. The molecule has 0 bridgehead atoms. The molecule has 2 atom stereocenters. The maximum atomic E-state index is 11.6. The van der Waals surface area contributed by atoms with Gasteiger partial charge in [-0.15, -0.1) is 10.2 Å². The van der Waals surface area contributed by atoms with Crippen LogP contribution in [0.1, 0.15) is 24.4 Å². The van der Waals surface area contributed by atoms with Crippen LogP contribution in [-0.4, -0.2) is 36.1 Å². The average Bonchev–Trinajstić information content (AvgIpc) is 3.15. The van der Waals surface area contributed by atoms with E-state index in [1.165, 1.54) is 12.1 Å². The van der Waals surface area contributed by atoms with Crippen LogP contribution in [-0.2, 0) is 9.84 Å². The molecule has 29 heavy (non-hydrogen) atoms. The fraction of sp³-hybridized carbons (Fsp3) is 0.211. The molecule has 8 nitrogen and oxygen atoms in total. The average molecular weight is 524 g/mol. The number of hydrogen-bond donors (Lipinski definition) is 2. The minimum atomic E-state index is -3.29. The van der Waals surface area contributed by atoms with Crippen molar-refractivity contribution in [3.8, 4) is 17.5 Å². The summed E-state index contributed by atoms with van der Waals surface area (Å²) in [6.07, 6.45) is 0.292. The third-order valence-electron chi connectivity index (χ3n) is 4.13. The van der Waals surface area contributed by atoms with Gasteiger partial charge in [0.05, 0.1) is 16.6 Å². The van der Waals surface area contributed by atoms with E-state index in [9.17, 15) is 13.5 Å². The summed E-state index contributed by atoms with van der Waals surface area (Å²) in [6, 6.07) is 12.7. The SMILES string of the molecule is C[C@H](O)C(Nc1ccc(C#N)c(I)c1)c1nnc(-c2ccc(S(C)(=O)=O)cc2)o1. The summed E-state index contributed by atoms with van der Waals surface area (Å²) in [7, 11) is -3.29. The van der Waals surface area contributed by atoms with Crippen molar-refractivity contribution < 1.29 is 17.9 Å². The highest BCUT2D eigenvalue weighted by atomic mass is 127. The van der Waals surface area contributed by atoms with Crippen molar-refractivity contribution in [2.75, 3.05) is 11.6 Å². The highest BCUT2D eigenvalue weighted by molar-refractivity contribution is 14.1. The molecule has 10 heteroatoms. The summed E-state index contributed by atoms with van der Waals surface area (Å²) in [5.41, 5.74) is 1.81. The molecule has 3 rings (SSSR count). The Kier molecular flexibility index (Phi) is 6.21. The van der Waals surface area contributed by atoms with E-state index in [-0.39, 0.29) is 16.7 Å². The number of anilines is 1. The summed E-state index contributed by atoms with van der Waals surface area (Å²) in [6.45, 7) is 1.59. The molecule has 0 saturated heterocycles. The number of nitrogens with one attached hydrogen (secondary N) is 1. The molecule has 0 spiro atoms. The van der Waals surface area contributed by atoms with Crippen molar-refractivity contribution in [3.63, 3.8) is 0 Å². The minimum Gasteiger partial charge on any atom is -0.418 e. The van der Waals surface area contributed by atoms with Gasteiger partial charge in [-0.05, 0) is 72.0 Å². The molecule has 0 fully saturated rings. The monoisotopic (exact) mass is 524 g/mol. The zero-order valence-electron chi connectivity index (χ0n) is 15.5. The summed E-state index contributed by atoms with van der Waals surface area (Å²) in [5.74, 6) is 0.392. The van der Waals surface area contributed by atoms with E-state index in [0.717, 1.165) is 9.83 Å². The van der Waals surface area contributed by atoms with Gasteiger partial charge >= 0.3 is 0 Å². The van der Waals surface area contributed by atoms with Gasteiger partial charge in [0.25, 0.3) is 0 Å². The number of hydrogen-bond acceptors (Lipinski definition) is 8. The molecule has 0 saturated carbocycles. The van der Waals surface area contributed by atoms with Crippen molar-refractivity contribution in [2.24, 2.45) is 0 Å². The van der Waals surface area contributed by atoms with Crippen LogP contribution in [0.2, 0.25) is 0 Å². The van der Waals surface area contributed by atoms with Crippen molar-refractivity contribution in [1.29, 1.82) is 5.26 Å². The quantitative estimate of drug-likeness (QED) is 0.471. The second kappa shape index (κ2) is 8.48. The zero-order chi connectivity index (χ0) is 21.2. The lowest BCUT2D eigenvalue weighted by atomic mass is 10.1. The standard InChI is InChI=1S/C19H17IN4O4S/c1-11(25)17(22-14-6-3-13(10-21)16(20)9-14)19-24-23-18(28-19)12-4-7-15(8-5-12)29(2,26)27/h3-9,11,17,22,25H,1-2H3/t11-,17?/m0/s1. The Morgan fingerprint density at radius 1 is 1.21 bits per heavy atom. The Balaban J connectivity index is 1.86. The lowest BCUT2D eigenvalue weighted by molar-refractivity contribution is 0.159. The number of aliphatic hydroxyl groups excluding tert-OH is 1. The van der Waals surface area contributed by atoms with E-state index in [2.05, 4.69) is 44.2 Å². The highest BCUT2D eigenvalue weighted by Crippen LogP contribution is 2.27. The number of aliphatic hydroxyl groups is 1. The fourth-order valence-electron chi connectivity index (χ4n) is 2.59. The lowest BCUT2D eigenvalue weighted by Crippen LogP contribution is -2.23. The molecule has 1 aromatic heterocycles. The van der Waals surface area contributed by atoms with E-state index in [0.29, 0.717) is 16.8 Å². The minimum absolute atomic E-state index is 0.182. The predicted molar refractivity (Wildman–Crippen MR) is 115 cm³/mol. The Bertz CT molecular complexity index is 1170. The fourth-order valence-corrected chi connectivity index (χ4v) is 3.85. The number of sulfone groups is 1. The van der Waals surface area contributed by atoms with Crippen LogP contribution < -0.4 is 5.32 Å². The van der Waals surface area contributed by atoms with Gasteiger partial charge in [0.15, 0.2) is 9.84 Å². The van der Waals surface area contributed by atoms with Gasteiger partial charge in [-0.2, -0.15) is 5.26 Å². The van der Waals surface area contributed by atoms with Gasteiger partial charge in [-0.1, -0.05) is 0 Å². The first kappa shape index (κ1) is 21.2. The number of rotatable bonds is 6. The molecule has 2 N–H and O–H groups in total. The van der Waals surface area contributed by atoms with E-state index < -0.39 is 22.0 Å². The third-order valence-corrected chi connectivity index (χ3v) is 6.15. The summed E-state index contributed by atoms with van der Waals surface area (Å²) in [4.78, 5) is 0.194. The largest absolute Gasteiger partial charge is 0.418 e. The molecule has 3 aromatic rings. The van der Waals surface area contributed by atoms with Gasteiger partial charge in [-0.3, -0.25) is 0 Å². The van der Waals surface area contributed by atoms with Gasteiger partial charge < -0.3 is 14.8 Å². The topological polar surface area (TPSA) is 129 Å². The molecule has 2 aromatic carbocycles. The number of nitriles is 1. The van der Waals surface area contributed by atoms with Crippen molar-refractivity contribution in [2.45, 2.75) is 24.0 Å². The first-order valence-electron chi connectivity index (χ1n) is 8.47. The van der Waals surface area contributed by atoms with Crippen molar-refractivity contribution >= 4 is 38.1 Å². The second-order valence-corrected chi connectivity index (χ2v) is 9.59. The third kappa shape index (κ3) is 4.92. The van der Waals surface area contributed by atoms with Crippen LogP contribution in [0.3, 0.4) is 0 Å². The molecule has 150 valence electrons. The molecule has 0 aliphatic rings. The Morgan fingerprint density at radius 2 is 1.90 bits per heavy atom. The van der Waals surface area contributed by atoms with Crippen molar-refractivity contribution in [3.05, 3.63) is 57.5 Å². The predicted octanol–water partition coefficient (Wildman–Crippen LogP) is 3.15. The number of halogens is 1. The smallest absolute Gasteiger partial charge is 0.247 e. The number of aromatic nitrogens is 2. The first-order chi connectivity index (χ1) is 13.7. The highest BCUT2D eigenvalue weighted by Gasteiger charge is 2.24. The summed E-state index contributed by atoms with van der Waals surface area (Å²) < 4.78 is 29.7. The van der Waals surface area contributed by atoms with Gasteiger partial charge in [0.1, 0.15) is 12.1 Å². The van der Waals surface area contributed by atoms with Crippen LogP contribution in [0.25, 0.3) is 11.5 Å². The Hall–Kier alpha value is -2.49. The number of benzene rings is 2. The molecular weight excluding hydrogens is 507 g/mol. The van der Waals surface area contributed by atoms with Crippen LogP contribution in [0, 0.1) is 14.9 Å². The van der Waals surface area contributed by atoms with Crippen LogP contribution in [0.15, 0.2) is 51.8 Å². The normalized spacial score (nSPS) is 13.5. The van der Waals surface area contributed by atoms with E-state index in [1.54, 1.807) is 37.3 Å². The van der Waals surface area contributed by atoms with Gasteiger partial charge in [0.2, 0.25) is 11.8 Å². The first-order valence-corrected chi connectivity index (χ1v) is 11.4. The van der Waals surface area contributed by atoms with Crippen molar-refractivity contribution in [1.82, 2.24) is 10.2 Å². The maximum Gasteiger partial charge on any atom is 0.247 e. The zero-order valence-corrected chi connectivity index (χ0v) is 18.5. The van der Waals surface area contributed by atoms with Crippen LogP contribution in [0.5, 0.6) is 0 Å². The van der Waals surface area contributed by atoms with E-state index >= 15 is 0 Å². The summed E-state index contributed by atoms with van der Waals surface area (Å²) in [5, 5.41) is 30.4. The molecule has 0 radical (unpaired) electrons. The molecule has 0 amide bonds. The molecule has 1 heterocycles. The molecular formula is C19H17IN4O4S. The molecule has 0 aliphatic heterocycles. The molecule has 0 aliphatic carbocycles. The van der Waals surface area contributed by atoms with E-state index in [4.69, 9.17) is 9.68 Å². The van der Waals surface area contributed by atoms with Gasteiger partial charge in [0, 0.05) is 21.1 Å².